The van der Waals surface area contributed by atoms with Crippen LogP contribution in [-0.2, 0) is 9.47 Å². The molecule has 2 atom stereocenters. The van der Waals surface area contributed by atoms with Crippen molar-refractivity contribution in [3.63, 3.8) is 0 Å². The van der Waals surface area contributed by atoms with Crippen molar-refractivity contribution in [2.75, 3.05) is 11.0 Å². The minimum absolute atomic E-state index is 0.0316. The Bertz CT molecular complexity index is 165. The molecular weight excluding hydrogens is 291 g/mol. The molecule has 0 aromatic heterocycles. The van der Waals surface area contributed by atoms with Crippen LogP contribution in [0.1, 0.15) is 40.0 Å². The molecular formula is C11H21IO2. The molecule has 1 unspecified atom stereocenters. The number of hydrogen-bond acceptors (Lipinski definition) is 2. The zero-order chi connectivity index (χ0) is 10.6. The molecule has 1 heterocycles. The topological polar surface area (TPSA) is 18.5 Å². The van der Waals surface area contributed by atoms with Gasteiger partial charge in [-0.2, -0.15) is 0 Å². The van der Waals surface area contributed by atoms with Gasteiger partial charge >= 0.3 is 0 Å². The molecule has 2 nitrogen and oxygen atoms in total. The van der Waals surface area contributed by atoms with Gasteiger partial charge in [0.2, 0.25) is 0 Å². The summed E-state index contributed by atoms with van der Waals surface area (Å²) in [7, 11) is 0. The molecule has 0 amide bonds. The summed E-state index contributed by atoms with van der Waals surface area (Å²) in [5.74, 6) is 0.564. The lowest BCUT2D eigenvalue weighted by Gasteiger charge is -2.36. The molecule has 1 aliphatic rings. The second kappa shape index (κ2) is 5.66. The molecule has 1 fully saturated rings. The van der Waals surface area contributed by atoms with Gasteiger partial charge in [0.25, 0.3) is 0 Å². The largest absolute Gasteiger partial charge is 0.353 e. The molecule has 0 radical (unpaired) electrons. The van der Waals surface area contributed by atoms with Gasteiger partial charge in [-0.25, -0.2) is 0 Å². The summed E-state index contributed by atoms with van der Waals surface area (Å²) in [5.41, 5.74) is -0.0663. The smallest absolute Gasteiger partial charge is 0.158 e. The molecule has 84 valence electrons. The fraction of sp³-hybridized carbons (Fsp3) is 1.00. The van der Waals surface area contributed by atoms with Crippen LogP contribution >= 0.6 is 22.6 Å². The Morgan fingerprint density at radius 1 is 1.50 bits per heavy atom. The van der Waals surface area contributed by atoms with Crippen molar-refractivity contribution in [1.82, 2.24) is 0 Å². The summed E-state index contributed by atoms with van der Waals surface area (Å²) in [4.78, 5) is 0. The van der Waals surface area contributed by atoms with Crippen molar-refractivity contribution in [2.24, 2.45) is 5.92 Å². The van der Waals surface area contributed by atoms with E-state index in [0.29, 0.717) is 5.92 Å². The van der Waals surface area contributed by atoms with E-state index >= 15 is 0 Å². The predicted octanol–water partition coefficient (Wildman–Crippen LogP) is 3.38. The van der Waals surface area contributed by atoms with Crippen LogP contribution in [0.2, 0.25) is 0 Å². The summed E-state index contributed by atoms with van der Waals surface area (Å²) in [6, 6.07) is 0. The van der Waals surface area contributed by atoms with E-state index in [4.69, 9.17) is 9.47 Å². The Hall–Kier alpha value is 0.650. The third-order valence-electron chi connectivity index (χ3n) is 2.99. The highest BCUT2D eigenvalue weighted by atomic mass is 127. The average molecular weight is 312 g/mol. The van der Waals surface area contributed by atoms with Crippen LogP contribution in [0.25, 0.3) is 0 Å². The third-order valence-corrected chi connectivity index (χ3v) is 4.31. The highest BCUT2D eigenvalue weighted by Crippen LogP contribution is 2.27. The van der Waals surface area contributed by atoms with Crippen LogP contribution in [0.3, 0.4) is 0 Å². The maximum atomic E-state index is 6.00. The lowest BCUT2D eigenvalue weighted by atomic mass is 9.94. The molecule has 0 saturated carbocycles. The second-order valence-corrected chi connectivity index (χ2v) is 5.45. The number of alkyl halides is 1. The number of rotatable bonds is 4. The van der Waals surface area contributed by atoms with Gasteiger partial charge in [-0.3, -0.25) is 0 Å². The number of ether oxygens (including phenoxy) is 2. The first-order valence-electron chi connectivity index (χ1n) is 5.41. The maximum Gasteiger partial charge on any atom is 0.158 e. The predicted molar refractivity (Wildman–Crippen MR) is 66.8 cm³/mol. The van der Waals surface area contributed by atoms with E-state index in [-0.39, 0.29) is 11.9 Å². The molecule has 0 spiro atoms. The summed E-state index contributed by atoms with van der Waals surface area (Å²) < 4.78 is 12.7. The van der Waals surface area contributed by atoms with Gasteiger partial charge in [0.1, 0.15) is 0 Å². The van der Waals surface area contributed by atoms with Crippen LogP contribution in [0.15, 0.2) is 0 Å². The Labute approximate surface area is 101 Å². The molecule has 1 aliphatic heterocycles. The first-order valence-corrected chi connectivity index (χ1v) is 6.94. The standard InChI is InChI=1S/C11H21IO2/c1-9(8-12)11(2,3)14-10-6-4-5-7-13-10/h9-10H,4-8H2,1-3H3/t9-,10?/m1/s1. The Morgan fingerprint density at radius 2 is 2.21 bits per heavy atom. The van der Waals surface area contributed by atoms with E-state index in [9.17, 15) is 0 Å². The van der Waals surface area contributed by atoms with Crippen molar-refractivity contribution in [1.29, 1.82) is 0 Å². The molecule has 0 aromatic rings. The van der Waals surface area contributed by atoms with Crippen molar-refractivity contribution >= 4 is 22.6 Å². The van der Waals surface area contributed by atoms with Crippen molar-refractivity contribution in [3.8, 4) is 0 Å². The number of halogens is 1. The Balaban J connectivity index is 2.40. The summed E-state index contributed by atoms with van der Waals surface area (Å²) in [6.07, 6.45) is 3.50. The van der Waals surface area contributed by atoms with E-state index < -0.39 is 0 Å². The molecule has 0 aliphatic carbocycles. The van der Waals surface area contributed by atoms with E-state index in [0.717, 1.165) is 17.5 Å². The van der Waals surface area contributed by atoms with Crippen LogP contribution < -0.4 is 0 Å². The summed E-state index contributed by atoms with van der Waals surface area (Å²) in [5, 5.41) is 0. The van der Waals surface area contributed by atoms with Crippen molar-refractivity contribution in [3.05, 3.63) is 0 Å². The van der Waals surface area contributed by atoms with E-state index in [1.807, 2.05) is 0 Å². The van der Waals surface area contributed by atoms with Gasteiger partial charge in [0, 0.05) is 11.0 Å². The van der Waals surface area contributed by atoms with Crippen molar-refractivity contribution < 1.29 is 9.47 Å². The highest BCUT2D eigenvalue weighted by Gasteiger charge is 2.30. The van der Waals surface area contributed by atoms with Crippen molar-refractivity contribution in [2.45, 2.75) is 51.9 Å². The molecule has 1 rings (SSSR count). The average Bonchev–Trinajstić information content (AvgIpc) is 2.17. The molecule has 3 heteroatoms. The Morgan fingerprint density at radius 3 is 2.71 bits per heavy atom. The fourth-order valence-corrected chi connectivity index (χ4v) is 2.51. The summed E-state index contributed by atoms with van der Waals surface area (Å²) >= 11 is 2.41. The van der Waals surface area contributed by atoms with Crippen LogP contribution in [0, 0.1) is 5.92 Å². The van der Waals surface area contributed by atoms with Gasteiger partial charge < -0.3 is 9.47 Å². The lowest BCUT2D eigenvalue weighted by molar-refractivity contribution is -0.225. The molecule has 0 N–H and O–H groups in total. The zero-order valence-corrected chi connectivity index (χ0v) is 11.5. The lowest BCUT2D eigenvalue weighted by Crippen LogP contribution is -2.39. The van der Waals surface area contributed by atoms with E-state index in [1.54, 1.807) is 0 Å². The van der Waals surface area contributed by atoms with Crippen LogP contribution in [-0.4, -0.2) is 22.9 Å². The Kier molecular flexibility index (Phi) is 5.14. The van der Waals surface area contributed by atoms with E-state index in [2.05, 4.69) is 43.4 Å². The zero-order valence-electron chi connectivity index (χ0n) is 9.38. The van der Waals surface area contributed by atoms with Gasteiger partial charge in [0.15, 0.2) is 6.29 Å². The third kappa shape index (κ3) is 3.66. The van der Waals surface area contributed by atoms with Gasteiger partial charge in [-0.15, -0.1) is 0 Å². The van der Waals surface area contributed by atoms with E-state index in [1.165, 1.54) is 12.8 Å². The minimum Gasteiger partial charge on any atom is -0.353 e. The SMILES string of the molecule is C[C@H](CI)C(C)(C)OC1CCCCO1. The van der Waals surface area contributed by atoms with Crippen LogP contribution in [0.4, 0.5) is 0 Å². The molecule has 0 aromatic carbocycles. The minimum atomic E-state index is -0.0663. The quantitative estimate of drug-likeness (QED) is 0.585. The maximum absolute atomic E-state index is 6.00. The molecule has 0 bridgehead atoms. The molecule has 1 saturated heterocycles. The fourth-order valence-electron chi connectivity index (χ4n) is 1.44. The van der Waals surface area contributed by atoms with Gasteiger partial charge in [-0.1, -0.05) is 29.5 Å². The van der Waals surface area contributed by atoms with Gasteiger partial charge in [-0.05, 0) is 39.0 Å². The first-order chi connectivity index (χ1) is 6.56. The number of hydrogen-bond donors (Lipinski definition) is 0. The molecule has 14 heavy (non-hydrogen) atoms. The normalized spacial score (nSPS) is 26.1. The summed E-state index contributed by atoms with van der Waals surface area (Å²) in [6.45, 7) is 7.41. The van der Waals surface area contributed by atoms with Crippen LogP contribution in [0.5, 0.6) is 0 Å². The monoisotopic (exact) mass is 312 g/mol. The van der Waals surface area contributed by atoms with Gasteiger partial charge in [0.05, 0.1) is 5.60 Å². The first kappa shape index (κ1) is 12.7. The second-order valence-electron chi connectivity index (χ2n) is 4.57. The highest BCUT2D eigenvalue weighted by molar-refractivity contribution is 14.1.